The first-order valence-corrected chi connectivity index (χ1v) is 10.1. The van der Waals surface area contributed by atoms with Gasteiger partial charge in [0.05, 0.1) is 10.9 Å². The topological polar surface area (TPSA) is 3.88 Å². The second-order valence-corrected chi connectivity index (χ2v) is 8.77. The molecular formula is C22H19NP+. The lowest BCUT2D eigenvalue weighted by atomic mass is 9.95. The van der Waals surface area contributed by atoms with E-state index in [1.165, 1.54) is 49.1 Å². The quantitative estimate of drug-likeness (QED) is 0.337. The van der Waals surface area contributed by atoms with E-state index in [0.29, 0.717) is 0 Å². The van der Waals surface area contributed by atoms with Gasteiger partial charge in [0.2, 0.25) is 11.2 Å². The Balaban J connectivity index is 2.06. The Kier molecular flexibility index (Phi) is 2.87. The zero-order chi connectivity index (χ0) is 16.4. The van der Waals surface area contributed by atoms with Crippen LogP contribution >= 0.6 is 7.92 Å². The van der Waals surface area contributed by atoms with Gasteiger partial charge in [-0.1, -0.05) is 42.5 Å². The van der Waals surface area contributed by atoms with Crippen LogP contribution in [-0.4, -0.2) is 6.66 Å². The molecule has 2 heterocycles. The van der Waals surface area contributed by atoms with Gasteiger partial charge in [-0.25, -0.2) is 0 Å². The minimum Gasteiger partial charge on any atom is -0.194 e. The van der Waals surface area contributed by atoms with Gasteiger partial charge >= 0.3 is 0 Å². The molecule has 0 fully saturated rings. The van der Waals surface area contributed by atoms with Gasteiger partial charge in [-0.05, 0) is 49.9 Å². The van der Waals surface area contributed by atoms with Crippen molar-refractivity contribution >= 4 is 40.2 Å². The van der Waals surface area contributed by atoms with Gasteiger partial charge in [0.15, 0.2) is 0 Å². The number of para-hydroxylation sites is 1. The van der Waals surface area contributed by atoms with E-state index >= 15 is 0 Å². The van der Waals surface area contributed by atoms with Crippen LogP contribution in [0.3, 0.4) is 0 Å². The van der Waals surface area contributed by atoms with Gasteiger partial charge in [-0.15, -0.1) is 0 Å². The van der Waals surface area contributed by atoms with Crippen molar-refractivity contribution in [2.24, 2.45) is 7.05 Å². The number of nitrogens with zero attached hydrogens (tertiary/aromatic N) is 1. The fourth-order valence-corrected chi connectivity index (χ4v) is 6.21. The van der Waals surface area contributed by atoms with Crippen molar-refractivity contribution in [1.82, 2.24) is 0 Å². The summed E-state index contributed by atoms with van der Waals surface area (Å²) in [6, 6.07) is 22.5. The van der Waals surface area contributed by atoms with Crippen LogP contribution in [0.5, 0.6) is 0 Å². The van der Waals surface area contributed by atoms with E-state index in [0.717, 1.165) is 0 Å². The van der Waals surface area contributed by atoms with Crippen molar-refractivity contribution in [3.63, 3.8) is 0 Å². The molecule has 1 aliphatic heterocycles. The predicted octanol–water partition coefficient (Wildman–Crippen LogP) is 4.17. The Morgan fingerprint density at radius 3 is 2.50 bits per heavy atom. The van der Waals surface area contributed by atoms with Gasteiger partial charge in [-0.2, -0.15) is 4.57 Å². The van der Waals surface area contributed by atoms with E-state index < -0.39 is 0 Å². The number of aryl methyl sites for hydroxylation is 2. The average molecular weight is 328 g/mol. The number of benzene rings is 3. The first-order valence-electron chi connectivity index (χ1n) is 8.35. The van der Waals surface area contributed by atoms with Crippen molar-refractivity contribution in [3.8, 4) is 11.3 Å². The zero-order valence-electron chi connectivity index (χ0n) is 14.2. The van der Waals surface area contributed by atoms with Crippen LogP contribution in [0.2, 0.25) is 0 Å². The van der Waals surface area contributed by atoms with Crippen LogP contribution in [0.25, 0.3) is 32.9 Å². The van der Waals surface area contributed by atoms with Crippen LogP contribution in [0, 0.1) is 6.92 Å². The highest BCUT2D eigenvalue weighted by molar-refractivity contribution is 7.73. The molecule has 5 rings (SSSR count). The second-order valence-electron chi connectivity index (χ2n) is 6.69. The van der Waals surface area contributed by atoms with Crippen molar-refractivity contribution in [3.05, 3.63) is 66.2 Å². The fourth-order valence-electron chi connectivity index (χ4n) is 4.15. The van der Waals surface area contributed by atoms with E-state index in [1.807, 2.05) is 0 Å². The standard InChI is InChI=1S/C22H19NP/c1-14-11-12-15-8-6-10-18-21(15)20(14)22-19(24(18)3)13-16-7-4-5-9-17(16)23(22)2/h4-13H,1-3H3/q+1. The van der Waals surface area contributed by atoms with E-state index in [1.54, 1.807) is 0 Å². The molecule has 0 saturated carbocycles. The molecule has 1 aliphatic rings. The Hall–Kier alpha value is -2.24. The minimum absolute atomic E-state index is 0.335. The Labute approximate surface area is 143 Å². The summed E-state index contributed by atoms with van der Waals surface area (Å²) in [6.07, 6.45) is 0. The van der Waals surface area contributed by atoms with Crippen LogP contribution in [0.15, 0.2) is 60.7 Å². The lowest BCUT2D eigenvalue weighted by molar-refractivity contribution is -0.632. The Morgan fingerprint density at radius 1 is 0.833 bits per heavy atom. The lowest BCUT2D eigenvalue weighted by Crippen LogP contribution is -2.39. The van der Waals surface area contributed by atoms with E-state index in [-0.39, 0.29) is 7.92 Å². The Morgan fingerprint density at radius 2 is 1.62 bits per heavy atom. The summed E-state index contributed by atoms with van der Waals surface area (Å²) >= 11 is 0. The summed E-state index contributed by atoms with van der Waals surface area (Å²) in [5, 5.41) is 7.17. The minimum atomic E-state index is -0.335. The lowest BCUT2D eigenvalue weighted by Gasteiger charge is -2.25. The molecular weight excluding hydrogens is 309 g/mol. The van der Waals surface area contributed by atoms with Crippen molar-refractivity contribution in [1.29, 1.82) is 0 Å². The monoisotopic (exact) mass is 328 g/mol. The highest BCUT2D eigenvalue weighted by Gasteiger charge is 2.32. The van der Waals surface area contributed by atoms with Crippen molar-refractivity contribution in [2.75, 3.05) is 6.66 Å². The summed E-state index contributed by atoms with van der Waals surface area (Å²) in [6.45, 7) is 4.65. The second kappa shape index (κ2) is 4.88. The molecule has 2 heteroatoms. The third-order valence-corrected chi connectivity index (χ3v) is 7.52. The summed E-state index contributed by atoms with van der Waals surface area (Å²) in [5.41, 5.74) is 5.50. The molecule has 0 bridgehead atoms. The maximum Gasteiger partial charge on any atom is 0.221 e. The number of pyridine rings is 1. The molecule has 0 amide bonds. The van der Waals surface area contributed by atoms with Crippen LogP contribution in [0.4, 0.5) is 0 Å². The largest absolute Gasteiger partial charge is 0.221 e. The zero-order valence-corrected chi connectivity index (χ0v) is 15.1. The van der Waals surface area contributed by atoms with E-state index in [2.05, 4.69) is 85.9 Å². The van der Waals surface area contributed by atoms with Gasteiger partial charge in [-0.3, -0.25) is 0 Å². The number of hydrogen-bond acceptors (Lipinski definition) is 0. The van der Waals surface area contributed by atoms with Crippen LogP contribution in [0.1, 0.15) is 5.56 Å². The summed E-state index contributed by atoms with van der Waals surface area (Å²) in [5.74, 6) is 0. The molecule has 1 aromatic heterocycles. The summed E-state index contributed by atoms with van der Waals surface area (Å²) < 4.78 is 2.40. The molecule has 0 saturated heterocycles. The molecule has 4 aromatic rings. The molecule has 116 valence electrons. The molecule has 0 N–H and O–H groups in total. The normalized spacial score (nSPS) is 15.7. The maximum atomic E-state index is 2.42. The Bertz CT molecular complexity index is 1140. The van der Waals surface area contributed by atoms with Gasteiger partial charge in [0.25, 0.3) is 0 Å². The predicted molar refractivity (Wildman–Crippen MR) is 105 cm³/mol. The summed E-state index contributed by atoms with van der Waals surface area (Å²) in [7, 11) is 1.88. The molecule has 1 unspecified atom stereocenters. The third kappa shape index (κ3) is 1.71. The van der Waals surface area contributed by atoms with Gasteiger partial charge in [0.1, 0.15) is 7.05 Å². The maximum absolute atomic E-state index is 2.42. The molecule has 0 radical (unpaired) electrons. The highest BCUT2D eigenvalue weighted by Crippen LogP contribution is 2.44. The van der Waals surface area contributed by atoms with Crippen molar-refractivity contribution in [2.45, 2.75) is 6.92 Å². The fraction of sp³-hybridized carbons (Fsp3) is 0.136. The van der Waals surface area contributed by atoms with Crippen LogP contribution in [-0.2, 0) is 7.05 Å². The third-order valence-electron chi connectivity index (χ3n) is 5.36. The number of aromatic nitrogens is 1. The SMILES string of the molecule is Cc1ccc2cccc3c2c1-c1c(cc2ccccc2[n+]1C)P3C. The molecule has 0 aliphatic carbocycles. The molecule has 1 nitrogen and oxygen atoms in total. The van der Waals surface area contributed by atoms with Gasteiger partial charge < -0.3 is 0 Å². The summed E-state index contributed by atoms with van der Waals surface area (Å²) in [4.78, 5) is 0. The average Bonchev–Trinajstić information content (AvgIpc) is 2.61. The van der Waals surface area contributed by atoms with Crippen LogP contribution < -0.4 is 15.2 Å². The molecule has 3 aromatic carbocycles. The van der Waals surface area contributed by atoms with E-state index in [4.69, 9.17) is 0 Å². The molecule has 24 heavy (non-hydrogen) atoms. The smallest absolute Gasteiger partial charge is 0.194 e. The number of rotatable bonds is 0. The molecule has 0 spiro atoms. The molecule has 1 atom stereocenters. The highest BCUT2D eigenvalue weighted by atomic mass is 31.1. The van der Waals surface area contributed by atoms with E-state index in [9.17, 15) is 0 Å². The van der Waals surface area contributed by atoms with Gasteiger partial charge in [0, 0.05) is 16.8 Å². The first kappa shape index (κ1) is 14.1. The number of hydrogen-bond donors (Lipinski definition) is 0. The van der Waals surface area contributed by atoms with Crippen molar-refractivity contribution < 1.29 is 4.57 Å². The first-order chi connectivity index (χ1) is 11.7. The number of fused-ring (bicyclic) bond motifs is 3.